The number of nitrogens with one attached hydrogen (secondary N) is 2. The Morgan fingerprint density at radius 3 is 2.62 bits per heavy atom. The molecule has 2 aromatic carbocycles. The summed E-state index contributed by atoms with van der Waals surface area (Å²) in [6, 6.07) is 13.2. The highest BCUT2D eigenvalue weighted by Crippen LogP contribution is 2.29. The number of rotatable bonds is 5. The molecule has 0 bridgehead atoms. The first-order valence-corrected chi connectivity index (χ1v) is 11.5. The summed E-state index contributed by atoms with van der Waals surface area (Å²) in [6.07, 6.45) is -2.91. The zero-order valence-electron chi connectivity index (χ0n) is 19.3. The predicted octanol–water partition coefficient (Wildman–Crippen LogP) is 4.39. The average Bonchev–Trinajstić information content (AvgIpc) is 3.35. The SMILES string of the molecule is O=C(c1cc(Cc2n[nH]c(=O)c3ccccc23)ccc1F)N1CC[C@@H](Nc2ccc(C(F)(F)F)cn2)C1. The van der Waals surface area contributed by atoms with Gasteiger partial charge in [-0.2, -0.15) is 18.3 Å². The molecular formula is C26H21F4N5O2. The summed E-state index contributed by atoms with van der Waals surface area (Å²) < 4.78 is 52.9. The van der Waals surface area contributed by atoms with Crippen LogP contribution in [0.2, 0.25) is 0 Å². The van der Waals surface area contributed by atoms with Gasteiger partial charge in [0.2, 0.25) is 0 Å². The predicted molar refractivity (Wildman–Crippen MR) is 129 cm³/mol. The van der Waals surface area contributed by atoms with Gasteiger partial charge in [-0.05, 0) is 42.3 Å². The lowest BCUT2D eigenvalue weighted by Crippen LogP contribution is -2.32. The number of hydrogen-bond acceptors (Lipinski definition) is 5. The molecule has 1 aliphatic rings. The van der Waals surface area contributed by atoms with E-state index in [2.05, 4.69) is 20.5 Å². The molecule has 3 heterocycles. The van der Waals surface area contributed by atoms with Gasteiger partial charge in [0.25, 0.3) is 11.5 Å². The van der Waals surface area contributed by atoms with E-state index in [9.17, 15) is 27.2 Å². The molecule has 2 aromatic heterocycles. The number of alkyl halides is 3. The number of carbonyl (C=O) groups excluding carboxylic acids is 1. The van der Waals surface area contributed by atoms with Gasteiger partial charge in [-0.15, -0.1) is 0 Å². The van der Waals surface area contributed by atoms with Gasteiger partial charge in [0.05, 0.1) is 22.2 Å². The molecule has 0 spiro atoms. The number of anilines is 1. The molecule has 0 aliphatic carbocycles. The van der Waals surface area contributed by atoms with Crippen molar-refractivity contribution >= 4 is 22.5 Å². The molecule has 1 aliphatic heterocycles. The van der Waals surface area contributed by atoms with E-state index in [0.717, 1.165) is 12.3 Å². The standard InChI is InChI=1S/C26H21F4N5O2/c27-21-7-5-15(12-22-18-3-1-2-4-19(18)24(36)34-33-22)11-20(21)25(37)35-10-9-17(14-35)32-23-8-6-16(13-31-23)26(28,29)30/h1-8,11,13,17H,9-10,12,14H2,(H,31,32)(H,34,36)/t17-/m1/s1. The van der Waals surface area contributed by atoms with Gasteiger partial charge in [-0.25, -0.2) is 14.5 Å². The van der Waals surface area contributed by atoms with E-state index in [1.165, 1.54) is 23.1 Å². The van der Waals surface area contributed by atoms with Gasteiger partial charge in [-0.3, -0.25) is 9.59 Å². The molecule has 5 rings (SSSR count). The number of fused-ring (bicyclic) bond motifs is 1. The van der Waals surface area contributed by atoms with Crippen molar-refractivity contribution in [3.8, 4) is 0 Å². The summed E-state index contributed by atoms with van der Waals surface area (Å²) >= 11 is 0. The lowest BCUT2D eigenvalue weighted by atomic mass is 10.0. The lowest BCUT2D eigenvalue weighted by molar-refractivity contribution is -0.137. The Hall–Kier alpha value is -4.28. The fourth-order valence-electron chi connectivity index (χ4n) is 4.43. The number of hydrogen-bond donors (Lipinski definition) is 2. The number of aromatic amines is 1. The lowest BCUT2D eigenvalue weighted by Gasteiger charge is -2.18. The van der Waals surface area contributed by atoms with Gasteiger partial charge in [0, 0.05) is 37.1 Å². The molecule has 4 aromatic rings. The van der Waals surface area contributed by atoms with Crippen molar-refractivity contribution in [3.63, 3.8) is 0 Å². The molecule has 190 valence electrons. The van der Waals surface area contributed by atoms with Crippen LogP contribution in [0, 0.1) is 5.82 Å². The minimum absolute atomic E-state index is 0.0838. The second kappa shape index (κ2) is 9.64. The average molecular weight is 511 g/mol. The maximum atomic E-state index is 14.7. The first kappa shape index (κ1) is 24.4. The second-order valence-corrected chi connectivity index (χ2v) is 8.85. The number of aromatic nitrogens is 3. The third-order valence-corrected chi connectivity index (χ3v) is 6.33. The van der Waals surface area contributed by atoms with E-state index in [4.69, 9.17) is 0 Å². The molecule has 37 heavy (non-hydrogen) atoms. The van der Waals surface area contributed by atoms with E-state index in [1.807, 2.05) is 0 Å². The number of carbonyl (C=O) groups is 1. The molecular weight excluding hydrogens is 490 g/mol. The van der Waals surface area contributed by atoms with Crippen LogP contribution in [0.1, 0.15) is 33.6 Å². The number of likely N-dealkylation sites (tertiary alicyclic amines) is 1. The fraction of sp³-hybridized carbons (Fsp3) is 0.231. The number of pyridine rings is 1. The second-order valence-electron chi connectivity index (χ2n) is 8.85. The summed E-state index contributed by atoms with van der Waals surface area (Å²) in [5, 5.41) is 10.8. The molecule has 0 radical (unpaired) electrons. The van der Waals surface area contributed by atoms with Crippen LogP contribution in [0.3, 0.4) is 0 Å². The highest BCUT2D eigenvalue weighted by molar-refractivity contribution is 5.95. The molecule has 0 saturated carbocycles. The van der Waals surface area contributed by atoms with E-state index in [-0.39, 0.29) is 35.9 Å². The first-order chi connectivity index (χ1) is 17.7. The van der Waals surface area contributed by atoms with Crippen molar-refractivity contribution in [2.75, 3.05) is 18.4 Å². The largest absolute Gasteiger partial charge is 0.417 e. The van der Waals surface area contributed by atoms with Crippen molar-refractivity contribution in [3.05, 3.63) is 99.3 Å². The van der Waals surface area contributed by atoms with Crippen LogP contribution in [0.15, 0.2) is 65.6 Å². The van der Waals surface area contributed by atoms with Crippen LogP contribution in [0.5, 0.6) is 0 Å². The summed E-state index contributed by atoms with van der Waals surface area (Å²) in [5.41, 5.74) is 0.00575. The molecule has 7 nitrogen and oxygen atoms in total. The number of H-pyrrole nitrogens is 1. The maximum absolute atomic E-state index is 14.7. The van der Waals surface area contributed by atoms with Crippen molar-refractivity contribution in [2.45, 2.75) is 25.1 Å². The van der Waals surface area contributed by atoms with Crippen molar-refractivity contribution in [2.24, 2.45) is 0 Å². The number of amides is 1. The van der Waals surface area contributed by atoms with Gasteiger partial charge in [0.15, 0.2) is 0 Å². The minimum Gasteiger partial charge on any atom is -0.365 e. The molecule has 1 amide bonds. The first-order valence-electron chi connectivity index (χ1n) is 11.5. The molecule has 0 unspecified atom stereocenters. The summed E-state index contributed by atoms with van der Waals surface area (Å²) in [5.74, 6) is -0.877. The van der Waals surface area contributed by atoms with Crippen LogP contribution >= 0.6 is 0 Å². The van der Waals surface area contributed by atoms with Crippen molar-refractivity contribution in [1.29, 1.82) is 0 Å². The van der Waals surface area contributed by atoms with Crippen LogP contribution in [0.4, 0.5) is 23.4 Å². The topological polar surface area (TPSA) is 91.0 Å². The quantitative estimate of drug-likeness (QED) is 0.388. The number of benzene rings is 2. The van der Waals surface area contributed by atoms with Crippen molar-refractivity contribution in [1.82, 2.24) is 20.1 Å². The molecule has 1 fully saturated rings. The Bertz CT molecular complexity index is 1520. The third-order valence-electron chi connectivity index (χ3n) is 6.33. The number of halogens is 4. The third kappa shape index (κ3) is 5.16. The fourth-order valence-corrected chi connectivity index (χ4v) is 4.43. The Morgan fingerprint density at radius 2 is 1.89 bits per heavy atom. The maximum Gasteiger partial charge on any atom is 0.417 e. The molecule has 1 atom stereocenters. The van der Waals surface area contributed by atoms with Crippen LogP contribution in [0.25, 0.3) is 10.8 Å². The minimum atomic E-state index is -4.47. The van der Waals surface area contributed by atoms with Crippen molar-refractivity contribution < 1.29 is 22.4 Å². The zero-order chi connectivity index (χ0) is 26.2. The molecule has 2 N–H and O–H groups in total. The Morgan fingerprint density at radius 1 is 1.11 bits per heavy atom. The zero-order valence-corrected chi connectivity index (χ0v) is 19.3. The highest BCUT2D eigenvalue weighted by Gasteiger charge is 2.31. The van der Waals surface area contributed by atoms with Crippen LogP contribution in [-0.2, 0) is 12.6 Å². The van der Waals surface area contributed by atoms with Gasteiger partial charge in [0.1, 0.15) is 11.6 Å². The molecule has 1 saturated heterocycles. The van der Waals surface area contributed by atoms with Gasteiger partial charge < -0.3 is 10.2 Å². The van der Waals surface area contributed by atoms with Gasteiger partial charge >= 0.3 is 6.18 Å². The molecule has 11 heteroatoms. The normalized spacial score (nSPS) is 15.8. The van der Waals surface area contributed by atoms with Crippen LogP contribution in [-0.4, -0.2) is 45.1 Å². The number of nitrogens with zero attached hydrogens (tertiary/aromatic N) is 3. The smallest absolute Gasteiger partial charge is 0.365 e. The van der Waals surface area contributed by atoms with E-state index < -0.39 is 23.5 Å². The monoisotopic (exact) mass is 511 g/mol. The summed E-state index contributed by atoms with van der Waals surface area (Å²) in [4.78, 5) is 30.5. The van der Waals surface area contributed by atoms with E-state index in [0.29, 0.717) is 35.0 Å². The highest BCUT2D eigenvalue weighted by atomic mass is 19.4. The summed E-state index contributed by atoms with van der Waals surface area (Å²) in [7, 11) is 0. The Kier molecular flexibility index (Phi) is 6.36. The Balaban J connectivity index is 1.29. The van der Waals surface area contributed by atoms with E-state index in [1.54, 1.807) is 30.3 Å². The summed E-state index contributed by atoms with van der Waals surface area (Å²) in [6.45, 7) is 0.601. The van der Waals surface area contributed by atoms with E-state index >= 15 is 0 Å². The van der Waals surface area contributed by atoms with Crippen LogP contribution < -0.4 is 10.9 Å². The van der Waals surface area contributed by atoms with Gasteiger partial charge in [-0.1, -0.05) is 24.3 Å². The Labute approximate surface area is 208 Å².